The summed E-state index contributed by atoms with van der Waals surface area (Å²) in [5, 5.41) is 10.5. The Morgan fingerprint density at radius 1 is 1.16 bits per heavy atom. The molecule has 10 heteroatoms. The molecule has 2 saturated carbocycles. The van der Waals surface area contributed by atoms with Gasteiger partial charge in [-0.2, -0.15) is 13.2 Å². The number of aryl methyl sites for hydroxylation is 1. The van der Waals surface area contributed by atoms with Crippen molar-refractivity contribution in [2.75, 3.05) is 13.1 Å². The quantitative estimate of drug-likeness (QED) is 0.697. The van der Waals surface area contributed by atoms with Crippen LogP contribution < -0.4 is 5.32 Å². The van der Waals surface area contributed by atoms with E-state index >= 15 is 0 Å². The van der Waals surface area contributed by atoms with Gasteiger partial charge in [0.1, 0.15) is 6.04 Å². The third-order valence-electron chi connectivity index (χ3n) is 6.20. The van der Waals surface area contributed by atoms with Crippen molar-refractivity contribution in [2.45, 2.75) is 76.0 Å². The third kappa shape index (κ3) is 6.44. The van der Waals surface area contributed by atoms with Crippen molar-refractivity contribution in [2.24, 2.45) is 13.0 Å². The smallest absolute Gasteiger partial charge is 0.475 e. The summed E-state index contributed by atoms with van der Waals surface area (Å²) in [6.45, 7) is 2.02. The lowest BCUT2D eigenvalue weighted by molar-refractivity contribution is -0.192. The number of aliphatic carboxylic acids is 1. The van der Waals surface area contributed by atoms with Crippen LogP contribution in [0.4, 0.5) is 13.2 Å². The molecule has 0 spiro atoms. The molecule has 2 aliphatic carbocycles. The molecule has 4 rings (SSSR count). The van der Waals surface area contributed by atoms with Crippen LogP contribution in [0.5, 0.6) is 0 Å². The summed E-state index contributed by atoms with van der Waals surface area (Å²) in [5.74, 6) is -1.76. The Hall–Kier alpha value is -2.10. The van der Waals surface area contributed by atoms with Crippen LogP contribution >= 0.6 is 0 Å². The molecule has 2 heterocycles. The van der Waals surface area contributed by atoms with E-state index in [1.807, 2.05) is 13.4 Å². The molecule has 1 atom stereocenters. The number of aromatic nitrogens is 2. The fourth-order valence-electron chi connectivity index (χ4n) is 4.41. The number of fused-ring (bicyclic) bond motifs is 1. The fourth-order valence-corrected chi connectivity index (χ4v) is 4.41. The largest absolute Gasteiger partial charge is 0.490 e. The van der Waals surface area contributed by atoms with Crippen LogP contribution in [0.2, 0.25) is 0 Å². The molecule has 0 bridgehead atoms. The minimum atomic E-state index is -5.08. The second-order valence-electron chi connectivity index (χ2n) is 8.78. The average Bonchev–Trinajstić information content (AvgIpc) is 3.48. The zero-order chi connectivity index (χ0) is 22.6. The van der Waals surface area contributed by atoms with Gasteiger partial charge < -0.3 is 15.0 Å². The van der Waals surface area contributed by atoms with Gasteiger partial charge in [-0.3, -0.25) is 9.69 Å². The molecule has 2 fully saturated rings. The van der Waals surface area contributed by atoms with Gasteiger partial charge in [-0.25, -0.2) is 9.78 Å². The predicted octanol–water partition coefficient (Wildman–Crippen LogP) is 3.20. The molecule has 1 aromatic heterocycles. The number of nitrogens with zero attached hydrogens (tertiary/aromatic N) is 3. The van der Waals surface area contributed by atoms with E-state index in [4.69, 9.17) is 9.90 Å². The number of rotatable bonds is 4. The summed E-state index contributed by atoms with van der Waals surface area (Å²) < 4.78 is 33.8. The van der Waals surface area contributed by atoms with Gasteiger partial charge in [0.2, 0.25) is 5.91 Å². The van der Waals surface area contributed by atoms with E-state index in [1.165, 1.54) is 38.5 Å². The van der Waals surface area contributed by atoms with Crippen LogP contribution in [0.25, 0.3) is 0 Å². The first-order chi connectivity index (χ1) is 14.7. The maximum absolute atomic E-state index is 13.2. The van der Waals surface area contributed by atoms with E-state index in [0.29, 0.717) is 6.04 Å². The number of amides is 1. The molecule has 2 N–H and O–H groups in total. The van der Waals surface area contributed by atoms with Gasteiger partial charge in [0, 0.05) is 32.6 Å². The second kappa shape index (κ2) is 10.0. The number of carboxylic acids is 1. The van der Waals surface area contributed by atoms with Crippen LogP contribution in [0.15, 0.2) is 6.33 Å². The Labute approximate surface area is 180 Å². The van der Waals surface area contributed by atoms with E-state index in [2.05, 4.69) is 19.8 Å². The maximum atomic E-state index is 13.2. The van der Waals surface area contributed by atoms with Crippen LogP contribution in [0.3, 0.4) is 0 Å². The Morgan fingerprint density at radius 3 is 2.32 bits per heavy atom. The molecule has 0 aromatic carbocycles. The molecule has 7 nitrogen and oxygen atoms in total. The summed E-state index contributed by atoms with van der Waals surface area (Å²) in [6.07, 6.45) is 7.81. The molecule has 1 aromatic rings. The van der Waals surface area contributed by atoms with Crippen molar-refractivity contribution in [3.63, 3.8) is 0 Å². The molecule has 0 radical (unpaired) electrons. The highest BCUT2D eigenvalue weighted by molar-refractivity contribution is 5.83. The average molecular weight is 444 g/mol. The molecule has 3 aliphatic rings. The van der Waals surface area contributed by atoms with E-state index in [-0.39, 0.29) is 11.9 Å². The van der Waals surface area contributed by atoms with Crippen molar-refractivity contribution in [3.8, 4) is 0 Å². The lowest BCUT2D eigenvalue weighted by Crippen LogP contribution is -2.48. The number of carboxylic acid groups (broad SMARTS) is 1. The van der Waals surface area contributed by atoms with Crippen LogP contribution in [0.1, 0.15) is 68.8 Å². The number of imidazole rings is 1. The Kier molecular flexibility index (Phi) is 7.61. The summed E-state index contributed by atoms with van der Waals surface area (Å²) in [4.78, 5) is 29.1. The first-order valence-corrected chi connectivity index (χ1v) is 11.0. The summed E-state index contributed by atoms with van der Waals surface area (Å²) in [5.41, 5.74) is 2.23. The lowest BCUT2D eigenvalue weighted by Gasteiger charge is -2.36. The summed E-state index contributed by atoms with van der Waals surface area (Å²) >= 11 is 0. The fraction of sp³-hybridized carbons (Fsp3) is 0.762. The van der Waals surface area contributed by atoms with Gasteiger partial charge in [-0.05, 0) is 31.6 Å². The van der Waals surface area contributed by atoms with E-state index in [0.717, 1.165) is 49.7 Å². The first kappa shape index (κ1) is 23.6. The predicted molar refractivity (Wildman–Crippen MR) is 107 cm³/mol. The van der Waals surface area contributed by atoms with E-state index in [9.17, 15) is 18.0 Å². The zero-order valence-corrected chi connectivity index (χ0v) is 17.8. The van der Waals surface area contributed by atoms with Gasteiger partial charge in [0.05, 0.1) is 17.7 Å². The van der Waals surface area contributed by atoms with Crippen molar-refractivity contribution >= 4 is 11.9 Å². The Morgan fingerprint density at radius 2 is 1.77 bits per heavy atom. The standard InChI is InChI=1S/C19H30N4O.C2HF3O2/c1-22-13-20-16-10-11-23(12-14-8-9-14)18(17(16)22)19(24)21-15-6-4-2-3-5-7-15;3-2(4,5)1(6)7/h13-15,18H,2-12H2,1H3,(H,21,24);(H,6,7). The molecular formula is C21H31F3N4O3. The molecular weight excluding hydrogens is 413 g/mol. The van der Waals surface area contributed by atoms with Crippen molar-refractivity contribution < 1.29 is 27.9 Å². The monoisotopic (exact) mass is 444 g/mol. The minimum absolute atomic E-state index is 0.148. The number of alkyl halides is 3. The molecule has 1 unspecified atom stereocenters. The van der Waals surface area contributed by atoms with Crippen molar-refractivity contribution in [1.82, 2.24) is 19.8 Å². The molecule has 1 aliphatic heterocycles. The SMILES string of the molecule is Cn1cnc2c1C(C(=O)NC1CCCCCC1)N(CC1CC1)CC2.O=C(O)C(F)(F)F. The van der Waals surface area contributed by atoms with Crippen molar-refractivity contribution in [1.29, 1.82) is 0 Å². The topological polar surface area (TPSA) is 87.5 Å². The lowest BCUT2D eigenvalue weighted by atomic mass is 10.00. The van der Waals surface area contributed by atoms with Gasteiger partial charge in [-0.15, -0.1) is 0 Å². The highest BCUT2D eigenvalue weighted by Gasteiger charge is 2.39. The van der Waals surface area contributed by atoms with Crippen LogP contribution in [0, 0.1) is 5.92 Å². The number of hydrogen-bond donors (Lipinski definition) is 2. The van der Waals surface area contributed by atoms with Gasteiger partial charge in [0.25, 0.3) is 0 Å². The molecule has 174 valence electrons. The normalized spacial score (nSPS) is 22.6. The van der Waals surface area contributed by atoms with Crippen LogP contribution in [-0.2, 0) is 23.1 Å². The molecule has 1 amide bonds. The number of carbonyl (C=O) groups excluding carboxylic acids is 1. The highest BCUT2D eigenvalue weighted by atomic mass is 19.4. The Bertz CT molecular complexity index is 768. The van der Waals surface area contributed by atoms with Crippen molar-refractivity contribution in [3.05, 3.63) is 17.7 Å². The number of nitrogens with one attached hydrogen (secondary N) is 1. The summed E-state index contributed by atoms with van der Waals surface area (Å²) in [6, 6.07) is 0.214. The zero-order valence-electron chi connectivity index (χ0n) is 17.8. The minimum Gasteiger partial charge on any atom is -0.475 e. The Balaban J connectivity index is 0.000000339. The third-order valence-corrected chi connectivity index (χ3v) is 6.20. The summed E-state index contributed by atoms with van der Waals surface area (Å²) in [7, 11) is 2.03. The van der Waals surface area contributed by atoms with E-state index < -0.39 is 12.1 Å². The number of halogens is 3. The van der Waals surface area contributed by atoms with E-state index in [1.54, 1.807) is 0 Å². The van der Waals surface area contributed by atoms with Gasteiger partial charge >= 0.3 is 12.1 Å². The van der Waals surface area contributed by atoms with Crippen LogP contribution in [-0.4, -0.2) is 56.7 Å². The number of hydrogen-bond acceptors (Lipinski definition) is 4. The second-order valence-corrected chi connectivity index (χ2v) is 8.78. The first-order valence-electron chi connectivity index (χ1n) is 11.0. The molecule has 31 heavy (non-hydrogen) atoms. The van der Waals surface area contributed by atoms with Gasteiger partial charge in [-0.1, -0.05) is 25.7 Å². The maximum Gasteiger partial charge on any atom is 0.490 e. The molecule has 0 saturated heterocycles. The van der Waals surface area contributed by atoms with Gasteiger partial charge in [0.15, 0.2) is 0 Å². The number of carbonyl (C=O) groups is 2. The highest BCUT2D eigenvalue weighted by Crippen LogP contribution is 2.36.